The standard InChI is InChI=1S/C25H18ClNO5/c1-2-30-22-15-16(8-13-21(22)31-24(28)18-6-4-3-5-7-18)14-20-25(29)32-23(27-20)17-9-11-19(26)12-10-17/h3-15H,2H2,1H3/b20-14+. The predicted octanol–water partition coefficient (Wildman–Crippen LogP) is 5.30. The summed E-state index contributed by atoms with van der Waals surface area (Å²) < 4.78 is 16.4. The lowest BCUT2D eigenvalue weighted by Gasteiger charge is -2.11. The van der Waals surface area contributed by atoms with Gasteiger partial charge in [-0.3, -0.25) is 0 Å². The average Bonchev–Trinajstić information content (AvgIpc) is 3.16. The van der Waals surface area contributed by atoms with E-state index in [1.54, 1.807) is 72.8 Å². The van der Waals surface area contributed by atoms with Crippen molar-refractivity contribution in [3.63, 3.8) is 0 Å². The summed E-state index contributed by atoms with van der Waals surface area (Å²) in [7, 11) is 0. The fraction of sp³-hybridized carbons (Fsp3) is 0.0800. The Morgan fingerprint density at radius 1 is 1.03 bits per heavy atom. The monoisotopic (exact) mass is 447 g/mol. The van der Waals surface area contributed by atoms with Gasteiger partial charge in [-0.2, -0.15) is 0 Å². The zero-order valence-electron chi connectivity index (χ0n) is 17.1. The van der Waals surface area contributed by atoms with Crippen LogP contribution in [0.15, 0.2) is 83.5 Å². The maximum Gasteiger partial charge on any atom is 0.363 e. The maximum absolute atomic E-state index is 12.4. The van der Waals surface area contributed by atoms with Crippen LogP contribution in [0, 0.1) is 0 Å². The van der Waals surface area contributed by atoms with E-state index in [1.165, 1.54) is 0 Å². The zero-order valence-corrected chi connectivity index (χ0v) is 17.8. The number of benzene rings is 3. The highest BCUT2D eigenvalue weighted by Crippen LogP contribution is 2.31. The molecule has 0 N–H and O–H groups in total. The zero-order chi connectivity index (χ0) is 22.5. The highest BCUT2D eigenvalue weighted by molar-refractivity contribution is 6.30. The van der Waals surface area contributed by atoms with Crippen LogP contribution in [0.3, 0.4) is 0 Å². The van der Waals surface area contributed by atoms with Crippen molar-refractivity contribution in [1.29, 1.82) is 0 Å². The molecule has 1 heterocycles. The smallest absolute Gasteiger partial charge is 0.363 e. The summed E-state index contributed by atoms with van der Waals surface area (Å²) >= 11 is 5.90. The van der Waals surface area contributed by atoms with E-state index in [-0.39, 0.29) is 17.3 Å². The van der Waals surface area contributed by atoms with Crippen LogP contribution in [-0.4, -0.2) is 24.4 Å². The molecule has 0 bridgehead atoms. The average molecular weight is 448 g/mol. The van der Waals surface area contributed by atoms with Crippen molar-refractivity contribution in [2.45, 2.75) is 6.92 Å². The number of aliphatic imine (C=N–C) groups is 1. The first-order valence-electron chi connectivity index (χ1n) is 9.86. The van der Waals surface area contributed by atoms with Gasteiger partial charge in [0.05, 0.1) is 12.2 Å². The Kier molecular flexibility index (Phi) is 6.33. The van der Waals surface area contributed by atoms with Gasteiger partial charge >= 0.3 is 11.9 Å². The maximum atomic E-state index is 12.4. The Morgan fingerprint density at radius 3 is 2.50 bits per heavy atom. The van der Waals surface area contributed by atoms with Gasteiger partial charge in [0.1, 0.15) is 0 Å². The first-order chi connectivity index (χ1) is 15.5. The van der Waals surface area contributed by atoms with Crippen molar-refractivity contribution in [1.82, 2.24) is 0 Å². The lowest BCUT2D eigenvalue weighted by Crippen LogP contribution is -2.09. The highest BCUT2D eigenvalue weighted by atomic mass is 35.5. The van der Waals surface area contributed by atoms with Crippen LogP contribution in [0.4, 0.5) is 0 Å². The number of hydrogen-bond donors (Lipinski definition) is 0. The predicted molar refractivity (Wildman–Crippen MR) is 121 cm³/mol. The molecule has 0 unspecified atom stereocenters. The second-order valence-electron chi connectivity index (χ2n) is 6.74. The molecule has 0 amide bonds. The van der Waals surface area contributed by atoms with Crippen molar-refractivity contribution in [3.8, 4) is 11.5 Å². The van der Waals surface area contributed by atoms with Gasteiger partial charge in [-0.05, 0) is 67.1 Å². The Labute approximate surface area is 189 Å². The van der Waals surface area contributed by atoms with Gasteiger partial charge in [0, 0.05) is 10.6 Å². The minimum atomic E-state index is -0.563. The fourth-order valence-electron chi connectivity index (χ4n) is 2.98. The summed E-state index contributed by atoms with van der Waals surface area (Å²) in [4.78, 5) is 29.0. The van der Waals surface area contributed by atoms with Gasteiger partial charge < -0.3 is 14.2 Å². The van der Waals surface area contributed by atoms with E-state index in [9.17, 15) is 9.59 Å². The van der Waals surface area contributed by atoms with E-state index in [2.05, 4.69) is 4.99 Å². The van der Waals surface area contributed by atoms with E-state index in [0.717, 1.165) is 0 Å². The van der Waals surface area contributed by atoms with Gasteiger partial charge in [-0.15, -0.1) is 0 Å². The molecule has 0 aliphatic carbocycles. The van der Waals surface area contributed by atoms with E-state index in [0.29, 0.717) is 34.1 Å². The lowest BCUT2D eigenvalue weighted by molar-refractivity contribution is -0.129. The van der Waals surface area contributed by atoms with E-state index >= 15 is 0 Å². The quantitative estimate of drug-likeness (QED) is 0.291. The molecule has 0 aromatic heterocycles. The second-order valence-corrected chi connectivity index (χ2v) is 7.17. The Hall–Kier alpha value is -3.90. The molecule has 1 aliphatic rings. The number of nitrogens with zero attached hydrogens (tertiary/aromatic N) is 1. The van der Waals surface area contributed by atoms with Gasteiger partial charge in [0.15, 0.2) is 17.2 Å². The first kappa shape index (κ1) is 21.3. The van der Waals surface area contributed by atoms with Crippen molar-refractivity contribution in [2.24, 2.45) is 4.99 Å². The summed E-state index contributed by atoms with van der Waals surface area (Å²) in [6.45, 7) is 2.20. The molecule has 0 fully saturated rings. The molecule has 0 radical (unpaired) electrons. The molecule has 3 aromatic carbocycles. The minimum Gasteiger partial charge on any atom is -0.490 e. The normalized spacial score (nSPS) is 14.1. The number of rotatable bonds is 6. The summed E-state index contributed by atoms with van der Waals surface area (Å²) in [5, 5.41) is 0.575. The topological polar surface area (TPSA) is 74.2 Å². The largest absolute Gasteiger partial charge is 0.490 e. The van der Waals surface area contributed by atoms with Crippen LogP contribution in [-0.2, 0) is 9.53 Å². The third-order valence-corrected chi connectivity index (χ3v) is 4.75. The number of carbonyl (C=O) groups excluding carboxylic acids is 2. The number of halogens is 1. The SMILES string of the molecule is CCOc1cc(/C=C2/N=C(c3ccc(Cl)cc3)OC2=O)ccc1OC(=O)c1ccccc1. The fourth-order valence-corrected chi connectivity index (χ4v) is 3.11. The molecule has 4 rings (SSSR count). The van der Waals surface area contributed by atoms with Crippen LogP contribution >= 0.6 is 11.6 Å². The third-order valence-electron chi connectivity index (χ3n) is 4.49. The van der Waals surface area contributed by atoms with Crippen molar-refractivity contribution in [3.05, 3.63) is 100 Å². The van der Waals surface area contributed by atoms with Crippen LogP contribution in [0.2, 0.25) is 5.02 Å². The second kappa shape index (κ2) is 9.49. The Morgan fingerprint density at radius 2 is 1.78 bits per heavy atom. The van der Waals surface area contributed by atoms with Crippen LogP contribution in [0.5, 0.6) is 11.5 Å². The van der Waals surface area contributed by atoms with Crippen molar-refractivity contribution >= 4 is 35.5 Å². The molecule has 160 valence electrons. The molecule has 7 heteroatoms. The summed E-state index contributed by atoms with van der Waals surface area (Å²) in [5.41, 5.74) is 1.86. The molecular formula is C25H18ClNO5. The van der Waals surface area contributed by atoms with Crippen molar-refractivity contribution < 1.29 is 23.8 Å². The molecule has 0 saturated heterocycles. The molecular weight excluding hydrogens is 430 g/mol. The molecule has 0 spiro atoms. The number of cyclic esters (lactones) is 1. The third kappa shape index (κ3) is 4.87. The van der Waals surface area contributed by atoms with E-state index in [1.807, 2.05) is 13.0 Å². The first-order valence-corrected chi connectivity index (χ1v) is 10.2. The number of esters is 2. The molecule has 1 aliphatic heterocycles. The molecule has 0 saturated carbocycles. The molecule has 6 nitrogen and oxygen atoms in total. The van der Waals surface area contributed by atoms with E-state index in [4.69, 9.17) is 25.8 Å². The number of hydrogen-bond acceptors (Lipinski definition) is 6. The summed E-state index contributed by atoms with van der Waals surface area (Å²) in [6.07, 6.45) is 1.58. The van der Waals surface area contributed by atoms with Crippen LogP contribution in [0.1, 0.15) is 28.4 Å². The number of ether oxygens (including phenoxy) is 3. The van der Waals surface area contributed by atoms with Gasteiger partial charge in [-0.1, -0.05) is 35.9 Å². The van der Waals surface area contributed by atoms with Gasteiger partial charge in [-0.25, -0.2) is 14.6 Å². The molecule has 3 aromatic rings. The van der Waals surface area contributed by atoms with Gasteiger partial charge in [0.2, 0.25) is 5.90 Å². The van der Waals surface area contributed by atoms with E-state index < -0.39 is 11.9 Å². The van der Waals surface area contributed by atoms with Crippen LogP contribution < -0.4 is 9.47 Å². The lowest BCUT2D eigenvalue weighted by atomic mass is 10.1. The Balaban J connectivity index is 1.59. The van der Waals surface area contributed by atoms with Gasteiger partial charge in [0.25, 0.3) is 0 Å². The summed E-state index contributed by atoms with van der Waals surface area (Å²) in [5.74, 6) is -0.195. The van der Waals surface area contributed by atoms with Crippen LogP contribution in [0.25, 0.3) is 6.08 Å². The number of carbonyl (C=O) groups is 2. The Bertz CT molecular complexity index is 1220. The minimum absolute atomic E-state index is 0.145. The molecule has 0 atom stereocenters. The molecule has 32 heavy (non-hydrogen) atoms. The van der Waals surface area contributed by atoms with Crippen molar-refractivity contribution in [2.75, 3.05) is 6.61 Å². The summed E-state index contributed by atoms with van der Waals surface area (Å²) in [6, 6.07) is 20.5. The highest BCUT2D eigenvalue weighted by Gasteiger charge is 2.24.